The lowest BCUT2D eigenvalue weighted by molar-refractivity contribution is -0.343. The van der Waals surface area contributed by atoms with Gasteiger partial charge in [0.2, 0.25) is 0 Å². The molecule has 5 rings (SSSR count). The van der Waals surface area contributed by atoms with E-state index in [2.05, 4.69) is 19.2 Å². The smallest absolute Gasteiger partial charge is 0.374 e. The van der Waals surface area contributed by atoms with Gasteiger partial charge in [-0.25, -0.2) is 22.4 Å². The van der Waals surface area contributed by atoms with Crippen molar-refractivity contribution in [2.75, 3.05) is 0 Å². The molecule has 0 N–H and O–H groups in total. The van der Waals surface area contributed by atoms with E-state index in [0.717, 1.165) is 24.4 Å². The van der Waals surface area contributed by atoms with Gasteiger partial charge in [-0.15, -0.1) is 0 Å². The van der Waals surface area contributed by atoms with Gasteiger partial charge in [0.05, 0.1) is 28.2 Å². The van der Waals surface area contributed by atoms with Gasteiger partial charge in [0.25, 0.3) is 10.0 Å². The average Bonchev–Trinajstić information content (AvgIpc) is 3.58. The summed E-state index contributed by atoms with van der Waals surface area (Å²) < 4.78 is 172. The second-order valence-electron chi connectivity index (χ2n) is 9.98. The minimum Gasteiger partial charge on any atom is -0.374 e. The highest BCUT2D eigenvalue weighted by molar-refractivity contribution is 7.90. The Bertz CT molecular complexity index is 2310. The number of nitriles is 1. The van der Waals surface area contributed by atoms with E-state index in [4.69, 9.17) is 0 Å². The number of alkyl halides is 8. The number of pyridine rings is 2. The number of hydrogen-bond donors (Lipinski definition) is 0. The van der Waals surface area contributed by atoms with E-state index in [1.807, 2.05) is 0 Å². The molecule has 0 amide bonds. The van der Waals surface area contributed by atoms with Crippen LogP contribution in [0.2, 0.25) is 0 Å². The van der Waals surface area contributed by atoms with Crippen molar-refractivity contribution in [2.45, 2.75) is 34.8 Å². The number of hydrogen-bond acceptors (Lipinski definition) is 9. The molecular formula is C26H16F8N6O5S2. The quantitative estimate of drug-likeness (QED) is 0.146. The van der Waals surface area contributed by atoms with Gasteiger partial charge in [0.15, 0.2) is 17.1 Å². The number of benzene rings is 1. The largest absolute Gasteiger partial charge is 0.449 e. The predicted molar refractivity (Wildman–Crippen MR) is 146 cm³/mol. The molecule has 4 heterocycles. The number of aryl methyl sites for hydroxylation is 1. The Labute approximate surface area is 258 Å². The fraction of sp³-hybridized carbons (Fsp3) is 0.231. The lowest BCUT2D eigenvalue weighted by Gasteiger charge is -2.34. The zero-order valence-corrected chi connectivity index (χ0v) is 25.0. The van der Waals surface area contributed by atoms with Crippen LogP contribution < -0.4 is 4.18 Å². The van der Waals surface area contributed by atoms with Gasteiger partial charge < -0.3 is 4.18 Å². The topological polar surface area (TPSA) is 150 Å². The molecule has 11 nitrogen and oxygen atoms in total. The maximum atomic E-state index is 14.8. The summed E-state index contributed by atoms with van der Waals surface area (Å²) in [5.41, 5.74) is -1.98. The van der Waals surface area contributed by atoms with E-state index in [1.54, 1.807) is 0 Å². The lowest BCUT2D eigenvalue weighted by atomic mass is 10.1. The molecule has 21 heteroatoms. The van der Waals surface area contributed by atoms with Crippen LogP contribution in [0.25, 0.3) is 33.1 Å². The Hall–Kier alpha value is -4.84. The number of rotatable bonds is 9. The van der Waals surface area contributed by atoms with E-state index < -0.39 is 83.5 Å². The molecule has 0 fully saturated rings. The van der Waals surface area contributed by atoms with Gasteiger partial charge in [0, 0.05) is 42.9 Å². The summed E-state index contributed by atoms with van der Waals surface area (Å²) in [5.74, 6) is -21.7. The first-order chi connectivity index (χ1) is 21.6. The molecule has 0 bridgehead atoms. The van der Waals surface area contributed by atoms with Gasteiger partial charge in [-0.2, -0.15) is 53.9 Å². The molecule has 0 spiro atoms. The molecule has 1 aromatic carbocycles. The second-order valence-corrected chi connectivity index (χ2v) is 13.4. The zero-order valence-electron chi connectivity index (χ0n) is 23.3. The molecule has 47 heavy (non-hydrogen) atoms. The van der Waals surface area contributed by atoms with Crippen molar-refractivity contribution in [1.82, 2.24) is 23.7 Å². The first-order valence-electron chi connectivity index (χ1n) is 12.6. The van der Waals surface area contributed by atoms with Crippen LogP contribution in [0.5, 0.6) is 5.75 Å². The van der Waals surface area contributed by atoms with Gasteiger partial charge >= 0.3 is 33.1 Å². The molecule has 5 aromatic rings. The summed E-state index contributed by atoms with van der Waals surface area (Å²) in [7, 11) is -10.6. The normalized spacial score (nSPS) is 13.6. The van der Waals surface area contributed by atoms with E-state index in [0.29, 0.717) is 15.7 Å². The van der Waals surface area contributed by atoms with Crippen LogP contribution in [0.1, 0.15) is 12.6 Å². The van der Waals surface area contributed by atoms with Crippen molar-refractivity contribution >= 4 is 42.1 Å². The number of nitrogens with zero attached hydrogens (tertiary/aromatic N) is 6. The van der Waals surface area contributed by atoms with E-state index in [-0.39, 0.29) is 10.5 Å². The molecule has 0 radical (unpaired) electrons. The highest BCUT2D eigenvalue weighted by Crippen LogP contribution is 2.55. The van der Waals surface area contributed by atoms with Crippen molar-refractivity contribution in [1.29, 1.82) is 5.26 Å². The third-order valence-corrected chi connectivity index (χ3v) is 9.79. The summed E-state index contributed by atoms with van der Waals surface area (Å²) in [6, 6.07) is 8.81. The predicted octanol–water partition coefficient (Wildman–Crippen LogP) is 5.32. The Morgan fingerprint density at radius 1 is 0.872 bits per heavy atom. The monoisotopic (exact) mass is 708 g/mol. The Balaban J connectivity index is 1.85. The lowest BCUT2D eigenvalue weighted by Crippen LogP contribution is -2.64. The molecule has 0 atom stereocenters. The second kappa shape index (κ2) is 10.6. The maximum absolute atomic E-state index is 14.8. The molecule has 4 aromatic heterocycles. The molecule has 0 saturated carbocycles. The Morgan fingerprint density at radius 3 is 2.06 bits per heavy atom. The van der Waals surface area contributed by atoms with Crippen molar-refractivity contribution in [2.24, 2.45) is 7.05 Å². The SMILES string of the molecule is Cn1cc(-c2cnc3c(c2)c2c(OS(=O)(=O)C(F)(F)C(F)(F)C(F)(F)C(C)(F)F)c(C#N)ncc2n3S(=O)(=O)c2ccccc2)cn1. The fourth-order valence-electron chi connectivity index (χ4n) is 4.42. The van der Waals surface area contributed by atoms with Crippen molar-refractivity contribution in [3.05, 3.63) is 66.9 Å². The average molecular weight is 709 g/mol. The van der Waals surface area contributed by atoms with Gasteiger partial charge in [-0.1, -0.05) is 18.2 Å². The van der Waals surface area contributed by atoms with E-state index in [1.165, 1.54) is 48.4 Å². The van der Waals surface area contributed by atoms with Gasteiger partial charge in [-0.05, 0) is 18.2 Å². The van der Waals surface area contributed by atoms with Crippen LogP contribution in [0.4, 0.5) is 35.1 Å². The molecule has 248 valence electrons. The van der Waals surface area contributed by atoms with Crippen LogP contribution in [0.3, 0.4) is 0 Å². The van der Waals surface area contributed by atoms with E-state index in [9.17, 15) is 57.2 Å². The van der Waals surface area contributed by atoms with Crippen molar-refractivity contribution < 1.29 is 56.1 Å². The number of halogens is 8. The molecule has 0 aliphatic rings. The number of aromatic nitrogens is 5. The maximum Gasteiger partial charge on any atom is 0.449 e. The van der Waals surface area contributed by atoms with E-state index >= 15 is 0 Å². The summed E-state index contributed by atoms with van der Waals surface area (Å²) in [4.78, 5) is 7.24. The van der Waals surface area contributed by atoms with Gasteiger partial charge in [-0.3, -0.25) is 4.68 Å². The van der Waals surface area contributed by atoms with Crippen LogP contribution in [-0.2, 0) is 27.2 Å². The highest BCUT2D eigenvalue weighted by atomic mass is 32.2. The van der Waals surface area contributed by atoms with Gasteiger partial charge in [0.1, 0.15) is 6.07 Å². The molecule has 0 saturated heterocycles. The minimum absolute atomic E-state index is 0.146. The summed E-state index contributed by atoms with van der Waals surface area (Å²) in [6.45, 7) is -0.836. The van der Waals surface area contributed by atoms with Crippen LogP contribution in [-0.4, -0.2) is 63.6 Å². The van der Waals surface area contributed by atoms with Crippen LogP contribution >= 0.6 is 0 Å². The minimum atomic E-state index is -7.42. The summed E-state index contributed by atoms with van der Waals surface area (Å²) in [5, 5.41) is 5.26. The van der Waals surface area contributed by atoms with Crippen molar-refractivity contribution in [3.63, 3.8) is 0 Å². The Kier molecular flexibility index (Phi) is 7.56. The summed E-state index contributed by atoms with van der Waals surface area (Å²) >= 11 is 0. The standard InChI is InChI=1S/C26H16F8N6O5S2/c1-23(27,28)24(29,30)25(31,32)26(33,34)47(43,44)45-21-18(9-35)36-12-19-20(21)17-8-14(15-11-38-39(2)13-15)10-37-22(17)40(19)46(41,42)16-6-4-3-5-7-16/h3-8,10-13H,1-2H3. The van der Waals surface area contributed by atoms with Crippen LogP contribution in [0, 0.1) is 11.3 Å². The first-order valence-corrected chi connectivity index (χ1v) is 15.4. The van der Waals surface area contributed by atoms with Crippen LogP contribution in [0.15, 0.2) is 66.1 Å². The molecule has 0 aliphatic heterocycles. The Morgan fingerprint density at radius 2 is 1.51 bits per heavy atom. The third-order valence-electron chi connectivity index (χ3n) is 6.81. The molecule has 0 unspecified atom stereocenters. The zero-order chi connectivity index (χ0) is 35.0. The fourth-order valence-corrected chi connectivity index (χ4v) is 6.83. The third kappa shape index (κ3) is 4.93. The molecule has 0 aliphatic carbocycles. The summed E-state index contributed by atoms with van der Waals surface area (Å²) in [6.07, 6.45) is 4.60. The molecular weight excluding hydrogens is 692 g/mol. The van der Waals surface area contributed by atoms with Crippen molar-refractivity contribution in [3.8, 4) is 22.9 Å². The highest BCUT2D eigenvalue weighted by Gasteiger charge is 2.84. The number of fused-ring (bicyclic) bond motifs is 3. The first kappa shape index (κ1) is 33.5.